The van der Waals surface area contributed by atoms with E-state index in [9.17, 15) is 9.59 Å². The van der Waals surface area contributed by atoms with Crippen LogP contribution in [-0.2, 0) is 4.79 Å². The maximum atomic E-state index is 12.5. The Kier molecular flexibility index (Phi) is 5.09. The van der Waals surface area contributed by atoms with Crippen molar-refractivity contribution in [2.24, 2.45) is 0 Å². The Bertz CT molecular complexity index is 890. The highest BCUT2D eigenvalue weighted by molar-refractivity contribution is 6.01. The van der Waals surface area contributed by atoms with Gasteiger partial charge >= 0.3 is 0 Å². The highest BCUT2D eigenvalue weighted by Gasteiger charge is 2.16. The van der Waals surface area contributed by atoms with Crippen LogP contribution < -0.4 is 9.64 Å². The standard InChI is InChI=1S/C21H19NO3/c1-2-22(17-9-4-3-5-10-17)21(24)15-25-20-13-12-16-8-6-7-11-18(16)19(20)14-23/h3-14H,2,15H2,1H3. The molecule has 0 unspecified atom stereocenters. The molecular formula is C21H19NO3. The van der Waals surface area contributed by atoms with Crippen LogP contribution in [0.3, 0.4) is 0 Å². The molecule has 0 aliphatic carbocycles. The fourth-order valence-corrected chi connectivity index (χ4v) is 2.85. The molecule has 3 aromatic rings. The normalized spacial score (nSPS) is 10.4. The summed E-state index contributed by atoms with van der Waals surface area (Å²) in [6, 6.07) is 20.7. The molecule has 0 aliphatic rings. The molecule has 4 heteroatoms. The number of nitrogens with zero attached hydrogens (tertiary/aromatic N) is 1. The van der Waals surface area contributed by atoms with Gasteiger partial charge < -0.3 is 9.64 Å². The Hall–Kier alpha value is -3.14. The van der Waals surface area contributed by atoms with Gasteiger partial charge in [-0.25, -0.2) is 0 Å². The van der Waals surface area contributed by atoms with Crippen LogP contribution in [0.5, 0.6) is 5.75 Å². The number of hydrogen-bond acceptors (Lipinski definition) is 3. The van der Waals surface area contributed by atoms with Crippen molar-refractivity contribution in [2.45, 2.75) is 6.92 Å². The van der Waals surface area contributed by atoms with Crippen molar-refractivity contribution in [1.29, 1.82) is 0 Å². The van der Waals surface area contributed by atoms with Gasteiger partial charge in [0.25, 0.3) is 5.91 Å². The van der Waals surface area contributed by atoms with Crippen LogP contribution in [0.25, 0.3) is 10.8 Å². The molecule has 0 saturated carbocycles. The topological polar surface area (TPSA) is 46.6 Å². The number of likely N-dealkylation sites (N-methyl/N-ethyl adjacent to an activating group) is 1. The average Bonchev–Trinajstić information content (AvgIpc) is 2.67. The summed E-state index contributed by atoms with van der Waals surface area (Å²) in [5.74, 6) is 0.268. The number of amides is 1. The Morgan fingerprint density at radius 1 is 1.00 bits per heavy atom. The van der Waals surface area contributed by atoms with E-state index in [0.717, 1.165) is 22.7 Å². The summed E-state index contributed by atoms with van der Waals surface area (Å²) in [5.41, 5.74) is 1.29. The third kappa shape index (κ3) is 3.53. The predicted octanol–water partition coefficient (Wildman–Crippen LogP) is 4.08. The second-order valence-electron chi connectivity index (χ2n) is 5.58. The lowest BCUT2D eigenvalue weighted by Gasteiger charge is -2.21. The summed E-state index contributed by atoms with van der Waals surface area (Å²) < 4.78 is 5.68. The number of carbonyl (C=O) groups excluding carboxylic acids is 2. The highest BCUT2D eigenvalue weighted by atomic mass is 16.5. The van der Waals surface area contributed by atoms with Gasteiger partial charge in [-0.15, -0.1) is 0 Å². The first kappa shape index (κ1) is 16.7. The van der Waals surface area contributed by atoms with Crippen LogP contribution in [-0.4, -0.2) is 25.3 Å². The number of hydrogen-bond donors (Lipinski definition) is 0. The molecule has 126 valence electrons. The van der Waals surface area contributed by atoms with E-state index in [0.29, 0.717) is 17.9 Å². The Morgan fingerprint density at radius 3 is 2.44 bits per heavy atom. The van der Waals surface area contributed by atoms with E-state index in [-0.39, 0.29) is 12.5 Å². The van der Waals surface area contributed by atoms with Crippen LogP contribution >= 0.6 is 0 Å². The number of rotatable bonds is 6. The molecule has 0 radical (unpaired) electrons. The monoisotopic (exact) mass is 333 g/mol. The fraction of sp³-hybridized carbons (Fsp3) is 0.143. The van der Waals surface area contributed by atoms with Crippen molar-refractivity contribution in [1.82, 2.24) is 0 Å². The lowest BCUT2D eigenvalue weighted by atomic mass is 10.0. The molecule has 25 heavy (non-hydrogen) atoms. The lowest BCUT2D eigenvalue weighted by Crippen LogP contribution is -2.34. The van der Waals surface area contributed by atoms with Crippen molar-refractivity contribution >= 4 is 28.7 Å². The van der Waals surface area contributed by atoms with E-state index in [1.54, 1.807) is 11.0 Å². The lowest BCUT2D eigenvalue weighted by molar-refractivity contribution is -0.120. The summed E-state index contributed by atoms with van der Waals surface area (Å²) in [6.45, 7) is 2.34. The Labute approximate surface area is 146 Å². The number of benzene rings is 3. The number of para-hydroxylation sites is 1. The van der Waals surface area contributed by atoms with Crippen molar-refractivity contribution in [3.05, 3.63) is 72.3 Å². The smallest absolute Gasteiger partial charge is 0.264 e. The van der Waals surface area contributed by atoms with Crippen LogP contribution in [0.4, 0.5) is 5.69 Å². The van der Waals surface area contributed by atoms with E-state index in [1.165, 1.54) is 0 Å². The summed E-state index contributed by atoms with van der Waals surface area (Å²) in [5, 5.41) is 1.78. The van der Waals surface area contributed by atoms with Crippen LogP contribution in [0, 0.1) is 0 Å². The average molecular weight is 333 g/mol. The van der Waals surface area contributed by atoms with E-state index in [2.05, 4.69) is 0 Å². The Morgan fingerprint density at radius 2 is 1.72 bits per heavy atom. The number of fused-ring (bicyclic) bond motifs is 1. The van der Waals surface area contributed by atoms with Crippen LogP contribution in [0.1, 0.15) is 17.3 Å². The minimum Gasteiger partial charge on any atom is -0.483 e. The van der Waals surface area contributed by atoms with Crippen LogP contribution in [0.15, 0.2) is 66.7 Å². The van der Waals surface area contributed by atoms with Crippen molar-refractivity contribution in [3.8, 4) is 5.75 Å². The molecule has 0 aliphatic heterocycles. The first-order chi connectivity index (χ1) is 12.2. The number of anilines is 1. The predicted molar refractivity (Wildman–Crippen MR) is 99.3 cm³/mol. The molecule has 0 saturated heterocycles. The molecule has 1 amide bonds. The molecular weight excluding hydrogens is 314 g/mol. The fourth-order valence-electron chi connectivity index (χ4n) is 2.85. The molecule has 4 nitrogen and oxygen atoms in total. The molecule has 0 bridgehead atoms. The molecule has 0 aromatic heterocycles. The molecule has 0 N–H and O–H groups in total. The third-order valence-electron chi connectivity index (χ3n) is 4.08. The van der Waals surface area contributed by atoms with Gasteiger partial charge in [-0.1, -0.05) is 48.5 Å². The van der Waals surface area contributed by atoms with Crippen molar-refractivity contribution in [2.75, 3.05) is 18.1 Å². The van der Waals surface area contributed by atoms with Gasteiger partial charge in [-0.2, -0.15) is 0 Å². The van der Waals surface area contributed by atoms with Gasteiger partial charge in [0.05, 0.1) is 5.56 Å². The third-order valence-corrected chi connectivity index (χ3v) is 4.08. The zero-order chi connectivity index (χ0) is 17.6. The summed E-state index contributed by atoms with van der Waals surface area (Å²) in [6.07, 6.45) is 0.775. The van der Waals surface area contributed by atoms with Crippen molar-refractivity contribution < 1.29 is 14.3 Å². The maximum absolute atomic E-state index is 12.5. The zero-order valence-corrected chi connectivity index (χ0v) is 14.0. The molecule has 0 fully saturated rings. The van der Waals surface area contributed by atoms with E-state index in [4.69, 9.17) is 4.74 Å². The molecule has 0 atom stereocenters. The zero-order valence-electron chi connectivity index (χ0n) is 14.0. The minimum atomic E-state index is -0.154. The van der Waals surface area contributed by atoms with Gasteiger partial charge in [-0.05, 0) is 35.9 Å². The first-order valence-corrected chi connectivity index (χ1v) is 8.19. The van der Waals surface area contributed by atoms with Gasteiger partial charge in [-0.3, -0.25) is 9.59 Å². The number of aldehydes is 1. The highest BCUT2D eigenvalue weighted by Crippen LogP contribution is 2.26. The van der Waals surface area contributed by atoms with Crippen molar-refractivity contribution in [3.63, 3.8) is 0 Å². The minimum absolute atomic E-state index is 0.123. The van der Waals surface area contributed by atoms with Gasteiger partial charge in [0, 0.05) is 12.2 Å². The summed E-state index contributed by atoms with van der Waals surface area (Å²) in [4.78, 5) is 25.7. The molecule has 0 spiro atoms. The van der Waals surface area contributed by atoms with E-state index < -0.39 is 0 Å². The van der Waals surface area contributed by atoms with Crippen LogP contribution in [0.2, 0.25) is 0 Å². The second-order valence-corrected chi connectivity index (χ2v) is 5.58. The second kappa shape index (κ2) is 7.62. The molecule has 0 heterocycles. The number of ether oxygens (including phenoxy) is 1. The quantitative estimate of drug-likeness (QED) is 0.639. The van der Waals surface area contributed by atoms with Gasteiger partial charge in [0.1, 0.15) is 5.75 Å². The Balaban J connectivity index is 1.80. The van der Waals surface area contributed by atoms with E-state index in [1.807, 2.05) is 67.6 Å². The molecule has 3 aromatic carbocycles. The van der Waals surface area contributed by atoms with Gasteiger partial charge in [0.2, 0.25) is 0 Å². The number of carbonyl (C=O) groups is 2. The largest absolute Gasteiger partial charge is 0.483 e. The molecule has 3 rings (SSSR count). The first-order valence-electron chi connectivity index (χ1n) is 8.19. The maximum Gasteiger partial charge on any atom is 0.264 e. The van der Waals surface area contributed by atoms with E-state index >= 15 is 0 Å². The van der Waals surface area contributed by atoms with Gasteiger partial charge in [0.15, 0.2) is 12.9 Å². The SMILES string of the molecule is CCN(C(=O)COc1ccc2ccccc2c1C=O)c1ccccc1. The summed E-state index contributed by atoms with van der Waals surface area (Å²) in [7, 11) is 0. The summed E-state index contributed by atoms with van der Waals surface area (Å²) >= 11 is 0.